The van der Waals surface area contributed by atoms with Gasteiger partial charge in [0.25, 0.3) is 0 Å². The van der Waals surface area contributed by atoms with Crippen LogP contribution in [0.15, 0.2) is 4.99 Å². The van der Waals surface area contributed by atoms with Crippen molar-refractivity contribution in [3.05, 3.63) is 0 Å². The molecule has 0 aromatic heterocycles. The highest BCUT2D eigenvalue weighted by Gasteiger charge is 2.32. The normalized spacial score (nSPS) is 35.5. The minimum Gasteiger partial charge on any atom is -0.344 e. The predicted octanol–water partition coefficient (Wildman–Crippen LogP) is -0.312. The lowest BCUT2D eigenvalue weighted by Gasteiger charge is -2.38. The molecule has 1 N–H and O–H groups in total. The fourth-order valence-corrected chi connectivity index (χ4v) is 1.86. The number of nitrogens with one attached hydrogen (secondary N) is 1. The smallest absolute Gasteiger partial charge is 0.158 e. The highest BCUT2D eigenvalue weighted by atomic mass is 35.5. The van der Waals surface area contributed by atoms with Gasteiger partial charge in [-0.05, 0) is 14.1 Å². The number of rotatable bonds is 0. The maximum atomic E-state index is 6.06. The Kier molecular flexibility index (Phi) is 2.92. The van der Waals surface area contributed by atoms with Gasteiger partial charge < -0.3 is 10.1 Å². The van der Waals surface area contributed by atoms with Crippen molar-refractivity contribution >= 4 is 17.4 Å². The van der Waals surface area contributed by atoms with Gasteiger partial charge in [-0.1, -0.05) is 11.6 Å². The van der Waals surface area contributed by atoms with E-state index < -0.39 is 0 Å². The van der Waals surface area contributed by atoms with Gasteiger partial charge in [-0.25, -0.2) is 4.99 Å². The van der Waals surface area contributed by atoms with Crippen molar-refractivity contribution in [1.29, 1.82) is 0 Å². The van der Waals surface area contributed by atoms with Crippen molar-refractivity contribution in [2.24, 2.45) is 4.99 Å². The van der Waals surface area contributed by atoms with Crippen LogP contribution in [0, 0.1) is 0 Å². The van der Waals surface area contributed by atoms with Crippen LogP contribution in [-0.4, -0.2) is 61.4 Å². The van der Waals surface area contributed by atoms with E-state index in [1.807, 2.05) is 19.0 Å². The first-order valence-electron chi connectivity index (χ1n) is 4.61. The SMILES string of the molecule is CN1CC2C(=NCOCN2C)NC1Cl. The van der Waals surface area contributed by atoms with Crippen LogP contribution < -0.4 is 5.32 Å². The van der Waals surface area contributed by atoms with E-state index in [0.29, 0.717) is 13.5 Å². The summed E-state index contributed by atoms with van der Waals surface area (Å²) in [6.45, 7) is 1.90. The molecule has 0 aromatic rings. The van der Waals surface area contributed by atoms with Crippen molar-refractivity contribution < 1.29 is 4.74 Å². The topological polar surface area (TPSA) is 40.1 Å². The van der Waals surface area contributed by atoms with Crippen LogP contribution in [0.1, 0.15) is 0 Å². The first kappa shape index (κ1) is 10.2. The van der Waals surface area contributed by atoms with Crippen molar-refractivity contribution in [3.8, 4) is 0 Å². The highest BCUT2D eigenvalue weighted by Crippen LogP contribution is 2.13. The first-order chi connectivity index (χ1) is 6.68. The Balaban J connectivity index is 2.15. The average molecular weight is 219 g/mol. The summed E-state index contributed by atoms with van der Waals surface area (Å²) in [5.41, 5.74) is -0.170. The number of halogens is 1. The maximum absolute atomic E-state index is 6.06. The van der Waals surface area contributed by atoms with Crippen LogP contribution in [-0.2, 0) is 4.74 Å². The molecule has 80 valence electrons. The van der Waals surface area contributed by atoms with E-state index in [-0.39, 0.29) is 11.7 Å². The van der Waals surface area contributed by atoms with Crippen molar-refractivity contribution in [1.82, 2.24) is 15.1 Å². The zero-order valence-electron chi connectivity index (χ0n) is 8.40. The Morgan fingerprint density at radius 3 is 3.07 bits per heavy atom. The van der Waals surface area contributed by atoms with Crippen LogP contribution in [0.5, 0.6) is 0 Å². The van der Waals surface area contributed by atoms with Gasteiger partial charge >= 0.3 is 0 Å². The van der Waals surface area contributed by atoms with Crippen LogP contribution in [0.25, 0.3) is 0 Å². The second kappa shape index (κ2) is 4.02. The van der Waals surface area contributed by atoms with Crippen LogP contribution >= 0.6 is 11.6 Å². The monoisotopic (exact) mass is 218 g/mol. The van der Waals surface area contributed by atoms with E-state index >= 15 is 0 Å². The molecule has 0 bridgehead atoms. The number of nitrogens with zero attached hydrogens (tertiary/aromatic N) is 3. The molecular weight excluding hydrogens is 204 g/mol. The lowest BCUT2D eigenvalue weighted by atomic mass is 10.2. The number of fused-ring (bicyclic) bond motifs is 1. The Hall–Kier alpha value is -0.360. The third-order valence-electron chi connectivity index (χ3n) is 2.58. The minimum atomic E-state index is -0.170. The molecule has 6 heteroatoms. The molecule has 5 nitrogen and oxygen atoms in total. The second-order valence-electron chi connectivity index (χ2n) is 3.70. The molecule has 1 saturated heterocycles. The summed E-state index contributed by atoms with van der Waals surface area (Å²) in [6.07, 6.45) is 0. The Bertz CT molecular complexity index is 247. The molecule has 2 atom stereocenters. The third-order valence-corrected chi connectivity index (χ3v) is 3.03. The van der Waals surface area contributed by atoms with Crippen LogP contribution in [0.2, 0.25) is 0 Å². The van der Waals surface area contributed by atoms with Gasteiger partial charge in [0.2, 0.25) is 0 Å². The third kappa shape index (κ3) is 1.86. The molecule has 2 rings (SSSR count). The van der Waals surface area contributed by atoms with Crippen LogP contribution in [0.4, 0.5) is 0 Å². The molecule has 0 aromatic carbocycles. The minimum absolute atomic E-state index is 0.170. The molecule has 2 unspecified atom stereocenters. The number of hydrogen-bond acceptors (Lipinski definition) is 5. The molecule has 2 aliphatic rings. The molecule has 0 radical (unpaired) electrons. The summed E-state index contributed by atoms with van der Waals surface area (Å²) in [6, 6.07) is 0.262. The van der Waals surface area contributed by atoms with E-state index in [2.05, 4.69) is 15.2 Å². The van der Waals surface area contributed by atoms with E-state index in [9.17, 15) is 0 Å². The summed E-state index contributed by atoms with van der Waals surface area (Å²) in [5.74, 6) is 0.933. The van der Waals surface area contributed by atoms with E-state index in [1.54, 1.807) is 0 Å². The lowest BCUT2D eigenvalue weighted by Crippen LogP contribution is -2.61. The molecule has 2 heterocycles. The number of hydrogen-bond donors (Lipinski definition) is 1. The zero-order chi connectivity index (χ0) is 10.1. The molecule has 0 saturated carbocycles. The van der Waals surface area contributed by atoms with E-state index in [0.717, 1.165) is 12.4 Å². The Morgan fingerprint density at radius 2 is 2.29 bits per heavy atom. The van der Waals surface area contributed by atoms with Crippen molar-refractivity contribution in [3.63, 3.8) is 0 Å². The number of alkyl halides is 1. The largest absolute Gasteiger partial charge is 0.344 e. The zero-order valence-corrected chi connectivity index (χ0v) is 9.16. The molecule has 14 heavy (non-hydrogen) atoms. The molecule has 1 fully saturated rings. The molecule has 2 aliphatic heterocycles. The second-order valence-corrected chi connectivity index (χ2v) is 4.11. The summed E-state index contributed by atoms with van der Waals surface area (Å²) >= 11 is 6.06. The summed E-state index contributed by atoms with van der Waals surface area (Å²) in [7, 11) is 4.01. The lowest BCUT2D eigenvalue weighted by molar-refractivity contribution is 0.0371. The quantitative estimate of drug-likeness (QED) is 0.447. The average Bonchev–Trinajstić information content (AvgIpc) is 2.31. The van der Waals surface area contributed by atoms with Gasteiger partial charge in [0.1, 0.15) is 19.3 Å². The fraction of sp³-hybridized carbons (Fsp3) is 0.875. The summed E-state index contributed by atoms with van der Waals surface area (Å²) < 4.78 is 5.31. The van der Waals surface area contributed by atoms with E-state index in [4.69, 9.17) is 16.3 Å². The molecule has 0 aliphatic carbocycles. The van der Waals surface area contributed by atoms with Crippen molar-refractivity contribution in [2.75, 3.05) is 34.1 Å². The van der Waals surface area contributed by atoms with Crippen LogP contribution in [0.3, 0.4) is 0 Å². The number of aliphatic imine (C=N–C) groups is 1. The van der Waals surface area contributed by atoms with Gasteiger partial charge in [-0.2, -0.15) is 0 Å². The standard InChI is InChI=1S/C8H15ClN4O/c1-12-3-6-7(11-8(12)9)10-4-14-5-13(6)2/h6,8H,3-5H2,1-2H3,(H,10,11). The molecule has 0 amide bonds. The van der Waals surface area contributed by atoms with Gasteiger partial charge in [-0.15, -0.1) is 0 Å². The summed E-state index contributed by atoms with van der Waals surface area (Å²) in [5, 5.41) is 3.16. The predicted molar refractivity (Wildman–Crippen MR) is 55.2 cm³/mol. The maximum Gasteiger partial charge on any atom is 0.158 e. The number of likely N-dealkylation sites (N-methyl/N-ethyl adjacent to an activating group) is 2. The molecule has 0 spiro atoms. The first-order valence-corrected chi connectivity index (χ1v) is 5.05. The van der Waals surface area contributed by atoms with Gasteiger partial charge in [0.15, 0.2) is 5.62 Å². The number of ether oxygens (including phenoxy) is 1. The van der Waals surface area contributed by atoms with Gasteiger partial charge in [-0.3, -0.25) is 9.80 Å². The van der Waals surface area contributed by atoms with Crippen molar-refractivity contribution in [2.45, 2.75) is 11.7 Å². The highest BCUT2D eigenvalue weighted by molar-refractivity contribution is 6.21. The Morgan fingerprint density at radius 1 is 1.50 bits per heavy atom. The number of amidine groups is 1. The van der Waals surface area contributed by atoms with E-state index in [1.165, 1.54) is 0 Å². The Labute approximate surface area is 88.7 Å². The summed E-state index contributed by atoms with van der Waals surface area (Å²) in [4.78, 5) is 8.48. The van der Waals surface area contributed by atoms with Gasteiger partial charge in [0, 0.05) is 6.54 Å². The fourth-order valence-electron chi connectivity index (χ4n) is 1.67. The molecular formula is C8H15ClN4O. The van der Waals surface area contributed by atoms with Gasteiger partial charge in [0.05, 0.1) is 6.04 Å².